The standard InChI is InChI=1S/2C5H11O2PS2.Bi.ClH/c2*1-5(2)3-6-8(9,10)7-4-5;;/h2*3-4H2,1-2H3,(H,9,10);;1H/q;;+3;/p-3. The van der Waals surface area contributed by atoms with Gasteiger partial charge in [-0.2, -0.15) is 0 Å². The van der Waals surface area contributed by atoms with Gasteiger partial charge in [0.15, 0.2) is 0 Å². The first-order chi connectivity index (χ1) is 9.83. The molecular formula is C10H20BiClO4P2S4. The molecule has 0 amide bonds. The van der Waals surface area contributed by atoms with Crippen LogP contribution in [-0.4, -0.2) is 50.0 Å². The fourth-order valence-electron chi connectivity index (χ4n) is 1.17. The predicted molar refractivity (Wildman–Crippen MR) is 106 cm³/mol. The molecule has 2 rings (SSSR count). The molecular weight excluding hydrogens is 619 g/mol. The van der Waals surface area contributed by atoms with E-state index in [4.69, 9.17) is 74.7 Å². The van der Waals surface area contributed by atoms with E-state index in [2.05, 4.69) is 27.7 Å². The van der Waals surface area contributed by atoms with Gasteiger partial charge in [-0.15, -0.1) is 0 Å². The molecule has 12 heteroatoms. The molecule has 0 spiro atoms. The molecule has 2 radical (unpaired) electrons. The zero-order valence-corrected chi connectivity index (χ0v) is 22.1. The Morgan fingerprint density at radius 2 is 0.955 bits per heavy atom. The molecule has 0 unspecified atom stereocenters. The molecule has 2 fully saturated rings. The third-order valence-corrected chi connectivity index (χ3v) is 6.76. The van der Waals surface area contributed by atoms with Crippen LogP contribution in [0.4, 0.5) is 0 Å². The Kier molecular flexibility index (Phi) is 11.8. The van der Waals surface area contributed by atoms with Crippen LogP contribution in [0.3, 0.4) is 0 Å². The molecule has 22 heavy (non-hydrogen) atoms. The van der Waals surface area contributed by atoms with E-state index in [1.165, 1.54) is 0 Å². The molecule has 0 aromatic carbocycles. The maximum absolute atomic E-state index is 5.20. The molecule has 0 bridgehead atoms. The third kappa shape index (κ3) is 11.6. The second-order valence-corrected chi connectivity index (χ2v) is 16.3. The maximum atomic E-state index is 5.20. The van der Waals surface area contributed by atoms with Gasteiger partial charge in [-0.05, 0) is 0 Å². The van der Waals surface area contributed by atoms with Crippen LogP contribution in [0.2, 0.25) is 0 Å². The van der Waals surface area contributed by atoms with E-state index in [9.17, 15) is 0 Å². The summed E-state index contributed by atoms with van der Waals surface area (Å²) < 4.78 is 20.8. The van der Waals surface area contributed by atoms with Crippen LogP contribution >= 0.6 is 19.9 Å². The minimum atomic E-state index is -2.25. The summed E-state index contributed by atoms with van der Waals surface area (Å²) in [6.45, 7) is 10.8. The summed E-state index contributed by atoms with van der Waals surface area (Å²) in [6, 6.07) is 0. The van der Waals surface area contributed by atoms with Crippen LogP contribution in [0.25, 0.3) is 0 Å². The quantitative estimate of drug-likeness (QED) is 0.224. The Balaban J connectivity index is 0.000000360. The topological polar surface area (TPSA) is 36.9 Å². The van der Waals surface area contributed by atoms with Crippen molar-refractivity contribution in [2.24, 2.45) is 10.8 Å². The Bertz CT molecular complexity index is 385. The van der Waals surface area contributed by atoms with Gasteiger partial charge >= 0.3 is 32.0 Å². The monoisotopic (exact) mass is 638 g/mol. The van der Waals surface area contributed by atoms with Crippen LogP contribution in [0.15, 0.2) is 0 Å². The van der Waals surface area contributed by atoms with Gasteiger partial charge < -0.3 is 42.6 Å². The summed E-state index contributed by atoms with van der Waals surface area (Å²) in [5, 5.41) is 0. The van der Waals surface area contributed by atoms with Crippen LogP contribution in [0.5, 0.6) is 0 Å². The van der Waals surface area contributed by atoms with Crippen molar-refractivity contribution in [2.75, 3.05) is 26.4 Å². The van der Waals surface area contributed by atoms with Crippen LogP contribution < -0.4 is 0 Å². The average molecular weight is 639 g/mol. The molecule has 2 heterocycles. The number of halogens is 1. The summed E-state index contributed by atoms with van der Waals surface area (Å²) in [7, 11) is 4.75. The van der Waals surface area contributed by atoms with Crippen LogP contribution in [-0.2, 0) is 66.2 Å². The van der Waals surface area contributed by atoms with E-state index in [-0.39, 0.29) is 10.8 Å². The van der Waals surface area contributed by atoms with Gasteiger partial charge in [0, 0.05) is 10.8 Å². The van der Waals surface area contributed by atoms with Crippen molar-refractivity contribution in [2.45, 2.75) is 27.7 Å². The van der Waals surface area contributed by atoms with E-state index < -0.39 is 11.4 Å². The molecule has 2 aliphatic heterocycles. The Morgan fingerprint density at radius 1 is 0.773 bits per heavy atom. The molecule has 130 valence electrons. The number of rotatable bonds is 0. The van der Waals surface area contributed by atoms with Gasteiger partial charge in [-0.25, -0.2) is 0 Å². The SMILES string of the molecule is CC1(C)COP(=S)([S-])OC1.CC1(C)COP(=S)([S-])OC1.[Cl][Bi+2]. The number of hydrogen-bond acceptors (Lipinski definition) is 8. The van der Waals surface area contributed by atoms with Gasteiger partial charge in [0.05, 0.1) is 37.8 Å². The normalized spacial score (nSPS) is 27.4. The van der Waals surface area contributed by atoms with Crippen molar-refractivity contribution in [3.63, 3.8) is 0 Å². The van der Waals surface area contributed by atoms with Gasteiger partial charge in [0.25, 0.3) is 0 Å². The Morgan fingerprint density at radius 3 is 1.09 bits per heavy atom. The predicted octanol–water partition coefficient (Wildman–Crippen LogP) is 3.97. The summed E-state index contributed by atoms with van der Waals surface area (Å²) in [4.78, 5) is 0. The fourth-order valence-corrected chi connectivity index (χ4v) is 4.62. The first-order valence-corrected chi connectivity index (χ1v) is 17.8. The van der Waals surface area contributed by atoms with Crippen molar-refractivity contribution in [3.05, 3.63) is 0 Å². The van der Waals surface area contributed by atoms with Crippen LogP contribution in [0.1, 0.15) is 27.7 Å². The first kappa shape index (κ1) is 25.0. The van der Waals surface area contributed by atoms with Crippen molar-refractivity contribution >= 4 is 91.5 Å². The molecule has 0 aromatic heterocycles. The zero-order chi connectivity index (χ0) is 17.7. The van der Waals surface area contributed by atoms with Gasteiger partial charge in [-0.1, -0.05) is 51.3 Å². The molecule has 2 saturated heterocycles. The fraction of sp³-hybridized carbons (Fsp3) is 1.00. The van der Waals surface area contributed by atoms with E-state index >= 15 is 0 Å². The molecule has 4 nitrogen and oxygen atoms in total. The average Bonchev–Trinajstić information content (AvgIpc) is 2.41. The summed E-state index contributed by atoms with van der Waals surface area (Å²) in [5.41, 5.74) is -4.33. The van der Waals surface area contributed by atoms with Gasteiger partial charge in [0.2, 0.25) is 0 Å². The molecule has 0 aliphatic carbocycles. The Labute approximate surface area is 173 Å². The third-order valence-electron chi connectivity index (χ3n) is 2.45. The summed E-state index contributed by atoms with van der Waals surface area (Å²) in [5.74, 6) is 0. The van der Waals surface area contributed by atoms with Gasteiger partial charge in [-0.3, -0.25) is 0 Å². The summed E-state index contributed by atoms with van der Waals surface area (Å²) >= 11 is 20.4. The second kappa shape index (κ2) is 10.4. The van der Waals surface area contributed by atoms with E-state index in [1.807, 2.05) is 0 Å². The first-order valence-electron chi connectivity index (χ1n) is 6.20. The van der Waals surface area contributed by atoms with Gasteiger partial charge in [0.1, 0.15) is 0 Å². The van der Waals surface area contributed by atoms with E-state index in [0.29, 0.717) is 26.4 Å². The van der Waals surface area contributed by atoms with Crippen LogP contribution in [0, 0.1) is 10.8 Å². The molecule has 0 aromatic rings. The number of hydrogen-bond donors (Lipinski definition) is 0. The molecule has 0 atom stereocenters. The second-order valence-electron chi connectivity index (χ2n) is 6.32. The van der Waals surface area contributed by atoms with Crippen molar-refractivity contribution in [1.82, 2.24) is 0 Å². The van der Waals surface area contributed by atoms with Crippen molar-refractivity contribution in [3.8, 4) is 0 Å². The van der Waals surface area contributed by atoms with E-state index in [0.717, 1.165) is 23.5 Å². The minimum absolute atomic E-state index is 0.0844. The molecule has 0 N–H and O–H groups in total. The van der Waals surface area contributed by atoms with E-state index in [1.54, 1.807) is 0 Å². The molecule has 2 aliphatic rings. The molecule has 0 saturated carbocycles. The summed E-state index contributed by atoms with van der Waals surface area (Å²) in [6.07, 6.45) is 0. The zero-order valence-electron chi connectivity index (χ0n) is 12.8. The Hall–Kier alpha value is 3.01. The van der Waals surface area contributed by atoms with Crippen molar-refractivity contribution in [1.29, 1.82) is 0 Å². The van der Waals surface area contributed by atoms with Crippen molar-refractivity contribution < 1.29 is 18.1 Å².